The minimum absolute atomic E-state index is 0.589. The molecule has 0 amide bonds. The topological polar surface area (TPSA) is 44.5 Å². The molecule has 2 aromatic rings. The van der Waals surface area contributed by atoms with Gasteiger partial charge in [-0.05, 0) is 50.2 Å². The maximum Gasteiger partial charge on any atom is 0.162 e. The van der Waals surface area contributed by atoms with Crippen LogP contribution in [0.4, 0.5) is 5.69 Å². The van der Waals surface area contributed by atoms with Crippen LogP contribution < -0.4 is 15.2 Å². The zero-order valence-corrected chi connectivity index (χ0v) is 12.3. The van der Waals surface area contributed by atoms with Crippen molar-refractivity contribution in [2.24, 2.45) is 0 Å². The van der Waals surface area contributed by atoms with E-state index < -0.39 is 0 Å². The Morgan fingerprint density at radius 1 is 0.857 bits per heavy atom. The van der Waals surface area contributed by atoms with E-state index in [1.807, 2.05) is 56.3 Å². The van der Waals surface area contributed by atoms with Crippen LogP contribution in [0, 0.1) is 11.8 Å². The fourth-order valence-corrected chi connectivity index (χ4v) is 1.89. The number of ether oxygens (including phenoxy) is 2. The summed E-state index contributed by atoms with van der Waals surface area (Å²) in [5.41, 5.74) is 8.22. The van der Waals surface area contributed by atoms with Gasteiger partial charge in [-0.3, -0.25) is 0 Å². The van der Waals surface area contributed by atoms with Crippen LogP contribution >= 0.6 is 0 Å². The highest BCUT2D eigenvalue weighted by Crippen LogP contribution is 2.28. The summed E-state index contributed by atoms with van der Waals surface area (Å²) in [5.74, 6) is 7.68. The molecule has 0 aliphatic heterocycles. The van der Waals surface area contributed by atoms with Crippen molar-refractivity contribution in [3.8, 4) is 23.3 Å². The van der Waals surface area contributed by atoms with Gasteiger partial charge in [0.05, 0.1) is 13.2 Å². The highest BCUT2D eigenvalue weighted by Gasteiger charge is 2.04. The van der Waals surface area contributed by atoms with Gasteiger partial charge in [0.15, 0.2) is 11.5 Å². The van der Waals surface area contributed by atoms with Crippen molar-refractivity contribution in [1.82, 2.24) is 0 Å². The number of nitrogen functional groups attached to an aromatic ring is 1. The molecule has 0 fully saturated rings. The molecule has 21 heavy (non-hydrogen) atoms. The van der Waals surface area contributed by atoms with Crippen molar-refractivity contribution in [3.05, 3.63) is 53.6 Å². The molecule has 3 heteroatoms. The SMILES string of the molecule is CCOc1ccc(C#Cc2cccc(N)c2)cc1OCC. The molecule has 0 unspecified atom stereocenters. The summed E-state index contributed by atoms with van der Waals surface area (Å²) < 4.78 is 11.1. The molecule has 0 bridgehead atoms. The summed E-state index contributed by atoms with van der Waals surface area (Å²) in [4.78, 5) is 0. The molecule has 3 nitrogen and oxygen atoms in total. The van der Waals surface area contributed by atoms with Gasteiger partial charge in [0.1, 0.15) is 0 Å². The van der Waals surface area contributed by atoms with E-state index in [-0.39, 0.29) is 0 Å². The van der Waals surface area contributed by atoms with Gasteiger partial charge in [0.2, 0.25) is 0 Å². The fourth-order valence-electron chi connectivity index (χ4n) is 1.89. The van der Waals surface area contributed by atoms with Crippen molar-refractivity contribution in [3.63, 3.8) is 0 Å². The third-order valence-electron chi connectivity index (χ3n) is 2.78. The Labute approximate surface area is 125 Å². The zero-order chi connectivity index (χ0) is 15.1. The van der Waals surface area contributed by atoms with Crippen LogP contribution in [0.1, 0.15) is 25.0 Å². The molecule has 0 saturated carbocycles. The van der Waals surface area contributed by atoms with Crippen LogP contribution in [-0.4, -0.2) is 13.2 Å². The standard InChI is InChI=1S/C18H19NO2/c1-3-20-17-11-10-15(13-18(17)21-4-2)9-8-14-6-5-7-16(19)12-14/h5-7,10-13H,3-4,19H2,1-2H3. The minimum Gasteiger partial charge on any atom is -0.490 e. The lowest BCUT2D eigenvalue weighted by atomic mass is 10.1. The van der Waals surface area contributed by atoms with Crippen LogP contribution in [0.5, 0.6) is 11.5 Å². The molecule has 2 N–H and O–H groups in total. The second-order valence-electron chi connectivity index (χ2n) is 4.40. The van der Waals surface area contributed by atoms with Crippen molar-refractivity contribution in [2.75, 3.05) is 18.9 Å². The third kappa shape index (κ3) is 4.19. The molecule has 0 heterocycles. The van der Waals surface area contributed by atoms with Crippen molar-refractivity contribution < 1.29 is 9.47 Å². The molecule has 0 spiro atoms. The predicted octanol–water partition coefficient (Wildman–Crippen LogP) is 3.47. The highest BCUT2D eigenvalue weighted by atomic mass is 16.5. The molecule has 0 aromatic heterocycles. The summed E-state index contributed by atoms with van der Waals surface area (Å²) in [6, 6.07) is 13.2. The van der Waals surface area contributed by atoms with Gasteiger partial charge in [0.25, 0.3) is 0 Å². The average Bonchev–Trinajstić information content (AvgIpc) is 2.48. The molecule has 0 atom stereocenters. The third-order valence-corrected chi connectivity index (χ3v) is 2.78. The Hall–Kier alpha value is -2.60. The van der Waals surface area contributed by atoms with E-state index in [2.05, 4.69) is 11.8 Å². The van der Waals surface area contributed by atoms with E-state index in [0.717, 1.165) is 22.6 Å². The Morgan fingerprint density at radius 3 is 2.19 bits per heavy atom. The van der Waals surface area contributed by atoms with Crippen LogP contribution in [0.15, 0.2) is 42.5 Å². The number of hydrogen-bond donors (Lipinski definition) is 1. The first kappa shape index (κ1) is 14.8. The highest BCUT2D eigenvalue weighted by molar-refractivity contribution is 5.52. The summed E-state index contributed by atoms with van der Waals surface area (Å²) >= 11 is 0. The number of benzene rings is 2. The van der Waals surface area contributed by atoms with E-state index in [4.69, 9.17) is 15.2 Å². The Morgan fingerprint density at radius 2 is 1.52 bits per heavy atom. The van der Waals surface area contributed by atoms with Gasteiger partial charge >= 0.3 is 0 Å². The number of anilines is 1. The largest absolute Gasteiger partial charge is 0.490 e. The predicted molar refractivity (Wildman–Crippen MR) is 85.6 cm³/mol. The van der Waals surface area contributed by atoms with E-state index in [9.17, 15) is 0 Å². The van der Waals surface area contributed by atoms with Gasteiger partial charge in [-0.25, -0.2) is 0 Å². The normalized spacial score (nSPS) is 9.62. The molecular formula is C18H19NO2. The van der Waals surface area contributed by atoms with Crippen LogP contribution in [0.25, 0.3) is 0 Å². The average molecular weight is 281 g/mol. The summed E-state index contributed by atoms with van der Waals surface area (Å²) in [5, 5.41) is 0. The summed E-state index contributed by atoms with van der Waals surface area (Å²) in [6.07, 6.45) is 0. The van der Waals surface area contributed by atoms with Crippen LogP contribution in [0.3, 0.4) is 0 Å². The molecule has 2 rings (SSSR count). The Bertz CT molecular complexity index is 668. The number of nitrogens with two attached hydrogens (primary N) is 1. The van der Waals surface area contributed by atoms with Gasteiger partial charge in [-0.15, -0.1) is 0 Å². The maximum absolute atomic E-state index is 5.74. The second-order valence-corrected chi connectivity index (χ2v) is 4.40. The van der Waals surface area contributed by atoms with Gasteiger partial charge in [-0.2, -0.15) is 0 Å². The lowest BCUT2D eigenvalue weighted by molar-refractivity contribution is 0.287. The van der Waals surface area contributed by atoms with Gasteiger partial charge in [0, 0.05) is 16.8 Å². The van der Waals surface area contributed by atoms with Crippen LogP contribution in [-0.2, 0) is 0 Å². The quantitative estimate of drug-likeness (QED) is 0.689. The monoisotopic (exact) mass is 281 g/mol. The van der Waals surface area contributed by atoms with Gasteiger partial charge in [-0.1, -0.05) is 17.9 Å². The van der Waals surface area contributed by atoms with E-state index in [1.54, 1.807) is 0 Å². The smallest absolute Gasteiger partial charge is 0.162 e. The number of hydrogen-bond acceptors (Lipinski definition) is 3. The lowest BCUT2D eigenvalue weighted by Crippen LogP contribution is -1.98. The van der Waals surface area contributed by atoms with Crippen LogP contribution in [0.2, 0.25) is 0 Å². The van der Waals surface area contributed by atoms with Gasteiger partial charge < -0.3 is 15.2 Å². The molecule has 0 aliphatic rings. The van der Waals surface area contributed by atoms with E-state index in [0.29, 0.717) is 18.9 Å². The molecule has 0 radical (unpaired) electrons. The Balaban J connectivity index is 2.27. The molecular weight excluding hydrogens is 262 g/mol. The number of rotatable bonds is 4. The molecule has 2 aromatic carbocycles. The maximum atomic E-state index is 5.74. The zero-order valence-electron chi connectivity index (χ0n) is 12.3. The molecule has 0 aliphatic carbocycles. The molecule has 108 valence electrons. The van der Waals surface area contributed by atoms with E-state index in [1.165, 1.54) is 0 Å². The first-order valence-corrected chi connectivity index (χ1v) is 7.00. The Kier molecular flexibility index (Phi) is 5.11. The van der Waals surface area contributed by atoms with Crippen molar-refractivity contribution >= 4 is 5.69 Å². The van der Waals surface area contributed by atoms with Crippen molar-refractivity contribution in [1.29, 1.82) is 0 Å². The van der Waals surface area contributed by atoms with E-state index >= 15 is 0 Å². The summed E-state index contributed by atoms with van der Waals surface area (Å²) in [7, 11) is 0. The fraction of sp³-hybridized carbons (Fsp3) is 0.222. The molecule has 0 saturated heterocycles. The first-order valence-electron chi connectivity index (χ1n) is 7.00. The minimum atomic E-state index is 0.589. The second kappa shape index (κ2) is 7.25. The first-order chi connectivity index (χ1) is 10.2. The lowest BCUT2D eigenvalue weighted by Gasteiger charge is -2.10. The van der Waals surface area contributed by atoms with Crippen molar-refractivity contribution in [2.45, 2.75) is 13.8 Å². The summed E-state index contributed by atoms with van der Waals surface area (Å²) in [6.45, 7) is 5.09.